The van der Waals surface area contributed by atoms with E-state index in [1.165, 1.54) is 36.4 Å². The van der Waals surface area contributed by atoms with Crippen LogP contribution in [0.25, 0.3) is 0 Å². The molecule has 0 aliphatic carbocycles. The van der Waals surface area contributed by atoms with E-state index in [-0.39, 0.29) is 30.0 Å². The van der Waals surface area contributed by atoms with Crippen molar-refractivity contribution in [1.82, 2.24) is 10.2 Å². The lowest BCUT2D eigenvalue weighted by Gasteiger charge is -2.25. The highest BCUT2D eigenvalue weighted by molar-refractivity contribution is 5.97. The third-order valence-electron chi connectivity index (χ3n) is 3.67. The van der Waals surface area contributed by atoms with Crippen LogP contribution in [-0.4, -0.2) is 37.9 Å². The maximum Gasteiger partial charge on any atom is 0.176 e. The molecule has 0 aromatic heterocycles. The number of rotatable bonds is 7. The van der Waals surface area contributed by atoms with Gasteiger partial charge in [-0.1, -0.05) is 12.1 Å². The topological polar surface area (TPSA) is 32.3 Å². The van der Waals surface area contributed by atoms with E-state index >= 15 is 0 Å². The number of nitrogens with zero attached hydrogens (tertiary/aromatic N) is 1. The van der Waals surface area contributed by atoms with Gasteiger partial charge in [-0.3, -0.25) is 4.79 Å². The minimum atomic E-state index is -0.363. The number of halogens is 2. The van der Waals surface area contributed by atoms with Crippen LogP contribution in [0, 0.1) is 11.6 Å². The summed E-state index contributed by atoms with van der Waals surface area (Å²) in [4.78, 5) is 14.0. The van der Waals surface area contributed by atoms with Crippen LogP contribution in [0.4, 0.5) is 8.78 Å². The van der Waals surface area contributed by atoms with Gasteiger partial charge in [0.1, 0.15) is 11.6 Å². The van der Waals surface area contributed by atoms with Crippen molar-refractivity contribution < 1.29 is 13.6 Å². The van der Waals surface area contributed by atoms with Gasteiger partial charge in [0.15, 0.2) is 5.78 Å². The Bertz CT molecular complexity index is 639. The number of carbonyl (C=O) groups is 1. The van der Waals surface area contributed by atoms with Crippen LogP contribution in [0.5, 0.6) is 0 Å². The number of benzene rings is 2. The fourth-order valence-corrected chi connectivity index (χ4v) is 2.34. The van der Waals surface area contributed by atoms with Crippen molar-refractivity contribution in [2.45, 2.75) is 6.04 Å². The first-order valence-corrected chi connectivity index (χ1v) is 7.39. The fourth-order valence-electron chi connectivity index (χ4n) is 2.34. The predicted octanol–water partition coefficient (Wildman–Crippen LogP) is 3.04. The molecule has 2 aromatic rings. The Balaban J connectivity index is 1.93. The lowest BCUT2D eigenvalue weighted by molar-refractivity contribution is 0.0988. The first-order chi connectivity index (χ1) is 11.0. The Labute approximate surface area is 134 Å². The van der Waals surface area contributed by atoms with Crippen molar-refractivity contribution in [3.05, 3.63) is 71.3 Å². The van der Waals surface area contributed by atoms with Gasteiger partial charge in [-0.2, -0.15) is 0 Å². The molecule has 5 heteroatoms. The Hall–Kier alpha value is -2.11. The molecule has 122 valence electrons. The number of hydrogen-bond donors (Lipinski definition) is 1. The smallest absolute Gasteiger partial charge is 0.176 e. The van der Waals surface area contributed by atoms with Crippen LogP contribution in [0.3, 0.4) is 0 Å². The minimum absolute atomic E-state index is 0.0246. The van der Waals surface area contributed by atoms with Crippen LogP contribution in [0.2, 0.25) is 0 Å². The number of likely N-dealkylation sites (N-methyl/N-ethyl adjacent to an activating group) is 1. The van der Waals surface area contributed by atoms with E-state index in [0.717, 1.165) is 5.56 Å². The molecule has 1 N–H and O–H groups in total. The highest BCUT2D eigenvalue weighted by Crippen LogP contribution is 2.17. The molecule has 1 unspecified atom stereocenters. The maximum atomic E-state index is 13.0. The van der Waals surface area contributed by atoms with Crippen molar-refractivity contribution in [2.24, 2.45) is 0 Å². The average molecular weight is 318 g/mol. The van der Waals surface area contributed by atoms with Gasteiger partial charge in [-0.05, 0) is 56.1 Å². The van der Waals surface area contributed by atoms with E-state index in [4.69, 9.17) is 0 Å². The van der Waals surface area contributed by atoms with E-state index in [9.17, 15) is 13.6 Å². The minimum Gasteiger partial charge on any atom is -0.308 e. The van der Waals surface area contributed by atoms with Gasteiger partial charge >= 0.3 is 0 Å². The number of carbonyl (C=O) groups excluding carboxylic acids is 1. The van der Waals surface area contributed by atoms with Crippen LogP contribution in [0.1, 0.15) is 22.0 Å². The predicted molar refractivity (Wildman–Crippen MR) is 86.4 cm³/mol. The largest absolute Gasteiger partial charge is 0.308 e. The summed E-state index contributed by atoms with van der Waals surface area (Å²) in [5, 5.41) is 3.11. The van der Waals surface area contributed by atoms with Gasteiger partial charge in [0.2, 0.25) is 0 Å². The second-order valence-electron chi connectivity index (χ2n) is 5.59. The molecule has 0 fully saturated rings. The monoisotopic (exact) mass is 318 g/mol. The highest BCUT2D eigenvalue weighted by atomic mass is 19.1. The number of nitrogens with one attached hydrogen (secondary N) is 1. The average Bonchev–Trinajstić information content (AvgIpc) is 2.53. The van der Waals surface area contributed by atoms with Gasteiger partial charge < -0.3 is 10.2 Å². The van der Waals surface area contributed by atoms with Crippen molar-refractivity contribution in [2.75, 3.05) is 27.2 Å². The molecular weight excluding hydrogens is 298 g/mol. The SMILES string of the molecule is CN(C)C(CNCC(=O)c1ccc(F)cc1)c1ccc(F)cc1. The van der Waals surface area contributed by atoms with Crippen LogP contribution < -0.4 is 5.32 Å². The molecule has 0 bridgehead atoms. The van der Waals surface area contributed by atoms with Gasteiger partial charge in [0.25, 0.3) is 0 Å². The summed E-state index contributed by atoms with van der Waals surface area (Å²) in [6.07, 6.45) is 0. The van der Waals surface area contributed by atoms with Crippen LogP contribution in [-0.2, 0) is 0 Å². The van der Waals surface area contributed by atoms with E-state index in [1.54, 1.807) is 12.1 Å². The molecule has 0 aliphatic heterocycles. The van der Waals surface area contributed by atoms with Crippen molar-refractivity contribution in [1.29, 1.82) is 0 Å². The molecule has 1 atom stereocenters. The fraction of sp³-hybridized carbons (Fsp3) is 0.278. The number of Topliss-reactive ketones (excluding diaryl/α,β-unsaturated/α-hetero) is 1. The molecular formula is C18H20F2N2O. The second kappa shape index (κ2) is 7.94. The third kappa shape index (κ3) is 4.94. The Morgan fingerprint density at radius 3 is 2.04 bits per heavy atom. The highest BCUT2D eigenvalue weighted by Gasteiger charge is 2.14. The molecule has 3 nitrogen and oxygen atoms in total. The molecule has 2 rings (SSSR count). The summed E-state index contributed by atoms with van der Waals surface area (Å²) >= 11 is 0. The Kier molecular flexibility index (Phi) is 5.96. The number of hydrogen-bond acceptors (Lipinski definition) is 3. The van der Waals surface area contributed by atoms with E-state index in [0.29, 0.717) is 12.1 Å². The molecule has 0 saturated heterocycles. The van der Waals surface area contributed by atoms with Gasteiger partial charge in [0, 0.05) is 18.2 Å². The van der Waals surface area contributed by atoms with E-state index < -0.39 is 0 Å². The quantitative estimate of drug-likeness (QED) is 0.797. The number of ketones is 1. The summed E-state index contributed by atoms with van der Waals surface area (Å²) in [6.45, 7) is 0.711. The van der Waals surface area contributed by atoms with Crippen molar-refractivity contribution >= 4 is 5.78 Å². The zero-order valence-corrected chi connectivity index (χ0v) is 13.2. The zero-order valence-electron chi connectivity index (χ0n) is 13.2. The third-order valence-corrected chi connectivity index (χ3v) is 3.67. The first kappa shape index (κ1) is 17.2. The standard InChI is InChI=1S/C18H20F2N2O/c1-22(2)17(13-3-7-15(19)8-4-13)11-21-12-18(23)14-5-9-16(20)10-6-14/h3-10,17,21H,11-12H2,1-2H3. The van der Waals surface area contributed by atoms with Crippen LogP contribution >= 0.6 is 0 Å². The Morgan fingerprint density at radius 2 is 1.52 bits per heavy atom. The van der Waals surface area contributed by atoms with E-state index in [1.807, 2.05) is 19.0 Å². The van der Waals surface area contributed by atoms with Crippen LogP contribution in [0.15, 0.2) is 48.5 Å². The maximum absolute atomic E-state index is 13.0. The molecule has 23 heavy (non-hydrogen) atoms. The van der Waals surface area contributed by atoms with Gasteiger partial charge in [-0.25, -0.2) is 8.78 Å². The lowest BCUT2D eigenvalue weighted by atomic mass is 10.1. The van der Waals surface area contributed by atoms with Gasteiger partial charge in [-0.15, -0.1) is 0 Å². The molecule has 2 aromatic carbocycles. The summed E-state index contributed by atoms with van der Waals surface area (Å²) in [7, 11) is 3.86. The zero-order chi connectivity index (χ0) is 16.8. The second-order valence-corrected chi connectivity index (χ2v) is 5.59. The lowest BCUT2D eigenvalue weighted by Crippen LogP contribution is -2.33. The van der Waals surface area contributed by atoms with E-state index in [2.05, 4.69) is 5.32 Å². The molecule has 0 radical (unpaired) electrons. The molecule has 0 aliphatic rings. The summed E-state index contributed by atoms with van der Waals surface area (Å²) in [5.74, 6) is -0.731. The molecule has 0 heterocycles. The molecule has 0 saturated carbocycles. The summed E-state index contributed by atoms with van der Waals surface area (Å²) in [6, 6.07) is 11.9. The van der Waals surface area contributed by atoms with Crippen molar-refractivity contribution in [3.63, 3.8) is 0 Å². The molecule has 0 spiro atoms. The summed E-state index contributed by atoms with van der Waals surface area (Å²) in [5.41, 5.74) is 1.44. The van der Waals surface area contributed by atoms with Gasteiger partial charge in [0.05, 0.1) is 6.54 Å². The normalized spacial score (nSPS) is 12.4. The summed E-state index contributed by atoms with van der Waals surface area (Å²) < 4.78 is 25.9. The Morgan fingerprint density at radius 1 is 1.00 bits per heavy atom. The first-order valence-electron chi connectivity index (χ1n) is 7.39. The van der Waals surface area contributed by atoms with Crippen molar-refractivity contribution in [3.8, 4) is 0 Å². The molecule has 0 amide bonds.